The molecule has 1 aromatic rings. The number of Topliss-reactive ketones (excluding diaryl/α,β-unsaturated/α-hetero) is 1. The van der Waals surface area contributed by atoms with Crippen LogP contribution in [0.5, 0.6) is 0 Å². The van der Waals surface area contributed by atoms with Crippen molar-refractivity contribution in [2.45, 2.75) is 71.4 Å². The Kier molecular flexibility index (Phi) is 6.16. The maximum Gasteiger partial charge on any atom is 0.329 e. The predicted molar refractivity (Wildman–Crippen MR) is 104 cm³/mol. The molecule has 0 radical (unpaired) electrons. The van der Waals surface area contributed by atoms with Crippen molar-refractivity contribution < 1.29 is 19.1 Å². The number of carbonyl (C=O) groups is 3. The van der Waals surface area contributed by atoms with Gasteiger partial charge >= 0.3 is 5.97 Å². The molecule has 1 saturated heterocycles. The number of esters is 1. The van der Waals surface area contributed by atoms with Crippen LogP contribution < -0.4 is 0 Å². The Hall–Kier alpha value is -2.24. The average Bonchev–Trinajstić information content (AvgIpc) is 3.32. The zero-order chi connectivity index (χ0) is 20.3. The molecule has 0 spiro atoms. The summed E-state index contributed by atoms with van der Waals surface area (Å²) in [6, 6.07) is 5.12. The molecular weight excluding hydrogens is 356 g/mol. The molecular formula is C22H30N2O4. The van der Waals surface area contributed by atoms with Crippen molar-refractivity contribution in [1.29, 1.82) is 0 Å². The van der Waals surface area contributed by atoms with Gasteiger partial charge in [0.25, 0.3) is 5.91 Å². The minimum Gasteiger partial charge on any atom is -0.464 e. The van der Waals surface area contributed by atoms with E-state index in [0.29, 0.717) is 19.4 Å². The third kappa shape index (κ3) is 4.10. The molecule has 6 heteroatoms. The summed E-state index contributed by atoms with van der Waals surface area (Å²) in [4.78, 5) is 44.2. The maximum atomic E-state index is 12.9. The third-order valence-electron chi connectivity index (χ3n) is 6.30. The van der Waals surface area contributed by atoms with Gasteiger partial charge in [0.1, 0.15) is 6.04 Å². The fourth-order valence-electron chi connectivity index (χ4n) is 4.21. The van der Waals surface area contributed by atoms with Crippen LogP contribution in [0.2, 0.25) is 0 Å². The van der Waals surface area contributed by atoms with Crippen molar-refractivity contribution in [3.05, 3.63) is 30.1 Å². The molecule has 0 unspecified atom stereocenters. The first-order valence-corrected chi connectivity index (χ1v) is 10.3. The van der Waals surface area contributed by atoms with Gasteiger partial charge in [0.15, 0.2) is 0 Å². The number of hydrogen-bond donors (Lipinski definition) is 0. The Morgan fingerprint density at radius 2 is 2.04 bits per heavy atom. The third-order valence-corrected chi connectivity index (χ3v) is 6.30. The van der Waals surface area contributed by atoms with E-state index in [0.717, 1.165) is 31.4 Å². The second kappa shape index (κ2) is 8.41. The SMILES string of the molecule is CCC(C)(C)C(=O)C(=O)N1[C@@H]2CC[C@@H](C2)[C@H]1C(=O)OCCCc1ccccn1. The molecule has 1 saturated carbocycles. The molecule has 0 N–H and O–H groups in total. The van der Waals surface area contributed by atoms with Crippen LogP contribution in [0.15, 0.2) is 24.4 Å². The van der Waals surface area contributed by atoms with E-state index in [1.807, 2.05) is 25.1 Å². The van der Waals surface area contributed by atoms with E-state index in [1.165, 1.54) is 4.90 Å². The van der Waals surface area contributed by atoms with Crippen LogP contribution in [0, 0.1) is 11.3 Å². The highest BCUT2D eigenvalue weighted by atomic mass is 16.5. The molecule has 1 amide bonds. The second-order valence-electron chi connectivity index (χ2n) is 8.54. The summed E-state index contributed by atoms with van der Waals surface area (Å²) in [6.07, 6.45) is 6.31. The standard InChI is InChI=1S/C22H30N2O4/c1-4-22(2,3)19(25)20(26)24-17-11-10-15(14-17)18(24)21(27)28-13-7-9-16-8-5-6-12-23-16/h5-6,8,12,15,17-18H,4,7,9-11,13-14H2,1-3H3/t15-,17+,18-/m0/s1. The first-order valence-electron chi connectivity index (χ1n) is 10.3. The molecule has 3 atom stereocenters. The molecule has 2 heterocycles. The summed E-state index contributed by atoms with van der Waals surface area (Å²) in [5, 5.41) is 0. The van der Waals surface area contributed by atoms with E-state index in [4.69, 9.17) is 4.74 Å². The number of likely N-dealkylation sites (tertiary alicyclic amines) is 1. The lowest BCUT2D eigenvalue weighted by Crippen LogP contribution is -2.54. The Morgan fingerprint density at radius 1 is 1.25 bits per heavy atom. The van der Waals surface area contributed by atoms with Gasteiger partial charge in [-0.05, 0) is 56.6 Å². The van der Waals surface area contributed by atoms with Crippen LogP contribution in [0.25, 0.3) is 0 Å². The van der Waals surface area contributed by atoms with Crippen LogP contribution >= 0.6 is 0 Å². The first kappa shape index (κ1) is 20.5. The van der Waals surface area contributed by atoms with Crippen LogP contribution in [0.4, 0.5) is 0 Å². The predicted octanol–water partition coefficient (Wildman–Crippen LogP) is 2.94. The van der Waals surface area contributed by atoms with E-state index in [1.54, 1.807) is 20.0 Å². The number of aryl methyl sites for hydroxylation is 1. The molecule has 6 nitrogen and oxygen atoms in total. The van der Waals surface area contributed by atoms with Crippen LogP contribution in [0.1, 0.15) is 58.6 Å². The smallest absolute Gasteiger partial charge is 0.329 e. The summed E-state index contributed by atoms with van der Waals surface area (Å²) in [5.74, 6) is -1.19. The molecule has 2 fully saturated rings. The fourth-order valence-corrected chi connectivity index (χ4v) is 4.21. The Bertz CT molecular complexity index is 731. The summed E-state index contributed by atoms with van der Waals surface area (Å²) >= 11 is 0. The highest BCUT2D eigenvalue weighted by molar-refractivity contribution is 6.38. The molecule has 2 aliphatic rings. The molecule has 28 heavy (non-hydrogen) atoms. The van der Waals surface area contributed by atoms with Gasteiger partial charge in [0, 0.05) is 23.3 Å². The van der Waals surface area contributed by atoms with Crippen molar-refractivity contribution in [2.24, 2.45) is 11.3 Å². The molecule has 1 aliphatic heterocycles. The molecule has 3 rings (SSSR count). The molecule has 1 aliphatic carbocycles. The highest BCUT2D eigenvalue weighted by Gasteiger charge is 2.54. The van der Waals surface area contributed by atoms with Crippen molar-refractivity contribution in [3.8, 4) is 0 Å². The van der Waals surface area contributed by atoms with Gasteiger partial charge in [0.05, 0.1) is 6.61 Å². The number of amides is 1. The summed E-state index contributed by atoms with van der Waals surface area (Å²) in [5.41, 5.74) is 0.249. The normalized spacial score (nSPS) is 23.7. The van der Waals surface area contributed by atoms with Gasteiger partial charge in [-0.3, -0.25) is 14.6 Å². The largest absolute Gasteiger partial charge is 0.464 e. The summed E-state index contributed by atoms with van der Waals surface area (Å²) in [6.45, 7) is 5.76. The number of nitrogens with zero attached hydrogens (tertiary/aromatic N) is 2. The van der Waals surface area contributed by atoms with Gasteiger partial charge in [0.2, 0.25) is 5.78 Å². The lowest BCUT2D eigenvalue weighted by Gasteiger charge is -2.35. The number of rotatable bonds is 8. The Labute approximate surface area is 166 Å². The van der Waals surface area contributed by atoms with Gasteiger partial charge in [-0.15, -0.1) is 0 Å². The van der Waals surface area contributed by atoms with Gasteiger partial charge in [-0.25, -0.2) is 4.79 Å². The minimum absolute atomic E-state index is 0.0137. The van der Waals surface area contributed by atoms with Gasteiger partial charge in [-0.1, -0.05) is 26.8 Å². The monoisotopic (exact) mass is 386 g/mol. The van der Waals surface area contributed by atoms with Gasteiger partial charge in [-0.2, -0.15) is 0 Å². The van der Waals surface area contributed by atoms with Gasteiger partial charge < -0.3 is 9.64 Å². The van der Waals surface area contributed by atoms with E-state index in [-0.39, 0.29) is 17.9 Å². The zero-order valence-corrected chi connectivity index (χ0v) is 17.0. The highest BCUT2D eigenvalue weighted by Crippen LogP contribution is 2.43. The van der Waals surface area contributed by atoms with Crippen LogP contribution in [0.3, 0.4) is 0 Å². The number of fused-ring (bicyclic) bond motifs is 2. The van der Waals surface area contributed by atoms with Crippen molar-refractivity contribution >= 4 is 17.7 Å². The number of carbonyl (C=O) groups excluding carboxylic acids is 3. The maximum absolute atomic E-state index is 12.9. The lowest BCUT2D eigenvalue weighted by atomic mass is 9.84. The lowest BCUT2D eigenvalue weighted by molar-refractivity contribution is -0.161. The number of ether oxygens (including phenoxy) is 1. The Morgan fingerprint density at radius 3 is 2.71 bits per heavy atom. The van der Waals surface area contributed by atoms with E-state index >= 15 is 0 Å². The van der Waals surface area contributed by atoms with E-state index < -0.39 is 23.1 Å². The van der Waals surface area contributed by atoms with Crippen LogP contribution in [-0.4, -0.2) is 46.2 Å². The molecule has 2 bridgehead atoms. The topological polar surface area (TPSA) is 76.6 Å². The molecule has 152 valence electrons. The number of piperidine rings is 1. The van der Waals surface area contributed by atoms with E-state index in [2.05, 4.69) is 4.98 Å². The van der Waals surface area contributed by atoms with Crippen molar-refractivity contribution in [3.63, 3.8) is 0 Å². The number of aromatic nitrogens is 1. The van der Waals surface area contributed by atoms with Crippen LogP contribution in [-0.2, 0) is 25.5 Å². The fraction of sp³-hybridized carbons (Fsp3) is 0.636. The number of pyridine rings is 1. The summed E-state index contributed by atoms with van der Waals surface area (Å²) < 4.78 is 5.50. The molecule has 0 aromatic carbocycles. The Balaban J connectivity index is 1.60. The average molecular weight is 386 g/mol. The van der Waals surface area contributed by atoms with Crippen molar-refractivity contribution in [2.75, 3.05) is 6.61 Å². The van der Waals surface area contributed by atoms with Crippen molar-refractivity contribution in [1.82, 2.24) is 9.88 Å². The number of ketones is 1. The second-order valence-corrected chi connectivity index (χ2v) is 8.54. The quantitative estimate of drug-likeness (QED) is 0.390. The zero-order valence-electron chi connectivity index (χ0n) is 17.0. The van der Waals surface area contributed by atoms with E-state index in [9.17, 15) is 14.4 Å². The number of hydrogen-bond acceptors (Lipinski definition) is 5. The minimum atomic E-state index is -0.712. The summed E-state index contributed by atoms with van der Waals surface area (Å²) in [7, 11) is 0. The first-order chi connectivity index (χ1) is 13.3. The molecule has 1 aromatic heterocycles.